The van der Waals surface area contributed by atoms with Crippen LogP contribution in [0, 0.1) is 29.1 Å². The highest BCUT2D eigenvalue weighted by atomic mass is 16.6. The van der Waals surface area contributed by atoms with E-state index in [1.807, 2.05) is 52.5 Å². The minimum absolute atomic E-state index is 0.0983. The zero-order valence-corrected chi connectivity index (χ0v) is 36.5. The normalized spacial score (nSPS) is 19.1. The second kappa shape index (κ2) is 23.6. The third-order valence-corrected chi connectivity index (χ3v) is 11.9. The minimum Gasteiger partial charge on any atom is -0.480 e. The Kier molecular flexibility index (Phi) is 20.4. The number of amides is 4. The first-order valence-corrected chi connectivity index (χ1v) is 20.4. The van der Waals surface area contributed by atoms with E-state index in [0.29, 0.717) is 32.4 Å². The Hall–Kier alpha value is -3.96. The van der Waals surface area contributed by atoms with E-state index < -0.39 is 65.6 Å². The summed E-state index contributed by atoms with van der Waals surface area (Å²) < 4.78 is 11.9. The van der Waals surface area contributed by atoms with Gasteiger partial charge < -0.3 is 45.3 Å². The molecule has 0 saturated carbocycles. The van der Waals surface area contributed by atoms with Crippen LogP contribution in [0.1, 0.15) is 79.7 Å². The van der Waals surface area contributed by atoms with Crippen LogP contribution in [0.4, 0.5) is 0 Å². The molecular formula is C42H71N7O9. The van der Waals surface area contributed by atoms with Gasteiger partial charge in [0.05, 0.1) is 43.2 Å². The number of likely N-dealkylation sites (tertiary alicyclic amines) is 1. The molecule has 1 aromatic rings. The summed E-state index contributed by atoms with van der Waals surface area (Å²) in [6, 6.07) is 5.83. The number of carbonyl (C=O) groups is 5. The average Bonchev–Trinajstić information content (AvgIpc) is 3.68. The largest absolute Gasteiger partial charge is 0.480 e. The lowest BCUT2D eigenvalue weighted by Crippen LogP contribution is -2.67. The Morgan fingerprint density at radius 1 is 1.00 bits per heavy atom. The van der Waals surface area contributed by atoms with E-state index >= 15 is 0 Å². The summed E-state index contributed by atoms with van der Waals surface area (Å²) in [5, 5.41) is 24.4. The van der Waals surface area contributed by atoms with Crippen molar-refractivity contribution in [2.45, 2.75) is 122 Å². The van der Waals surface area contributed by atoms with E-state index in [1.165, 1.54) is 25.3 Å². The molecule has 0 radical (unpaired) electrons. The third kappa shape index (κ3) is 12.3. The quantitative estimate of drug-likeness (QED) is 0.0714. The Morgan fingerprint density at radius 3 is 2.14 bits per heavy atom. The highest BCUT2D eigenvalue weighted by Crippen LogP contribution is 2.35. The molecule has 328 valence electrons. The fourth-order valence-corrected chi connectivity index (χ4v) is 8.37. The summed E-state index contributed by atoms with van der Waals surface area (Å²) in [5.74, 6) is 0.921. The lowest BCUT2D eigenvalue weighted by Gasteiger charge is -2.49. The second-order valence-electron chi connectivity index (χ2n) is 16.3. The molecule has 0 aromatic heterocycles. The van der Waals surface area contributed by atoms with Crippen molar-refractivity contribution in [2.24, 2.45) is 29.6 Å². The number of methoxy groups -OCH3 is 2. The summed E-state index contributed by atoms with van der Waals surface area (Å²) in [6.07, 6.45) is 1.10. The number of hydrogen-bond donors (Lipinski definition) is 5. The highest BCUT2D eigenvalue weighted by molar-refractivity contribution is 5.92. The van der Waals surface area contributed by atoms with Crippen LogP contribution in [0.15, 0.2) is 30.3 Å². The van der Waals surface area contributed by atoms with Crippen molar-refractivity contribution >= 4 is 35.8 Å². The maximum Gasteiger partial charge on any atom is 0.326 e. The van der Waals surface area contributed by atoms with Crippen molar-refractivity contribution in [2.75, 3.05) is 48.0 Å². The molecule has 4 amide bonds. The second-order valence-corrected chi connectivity index (χ2v) is 16.3. The van der Waals surface area contributed by atoms with Crippen molar-refractivity contribution < 1.29 is 43.4 Å². The Morgan fingerprint density at radius 2 is 1.64 bits per heavy atom. The first-order chi connectivity index (χ1) is 27.4. The number of ether oxygens (including phenoxy) is 2. The molecule has 1 aliphatic heterocycles. The molecule has 6 N–H and O–H groups in total. The Bertz CT molecular complexity index is 1500. The molecule has 2 rings (SSSR count). The summed E-state index contributed by atoms with van der Waals surface area (Å²) in [5.41, 5.74) is -0.631. The first kappa shape index (κ1) is 50.2. The zero-order chi connectivity index (χ0) is 43.9. The fourth-order valence-electron chi connectivity index (χ4n) is 8.37. The van der Waals surface area contributed by atoms with Crippen molar-refractivity contribution in [1.82, 2.24) is 25.3 Å². The fraction of sp³-hybridized carbons (Fsp3) is 0.714. The van der Waals surface area contributed by atoms with Gasteiger partial charge in [-0.05, 0) is 43.2 Å². The molecule has 16 nitrogen and oxygen atoms in total. The topological polar surface area (TPSA) is 217 Å². The number of carbonyl (C=O) groups excluding carboxylic acids is 4. The van der Waals surface area contributed by atoms with Crippen molar-refractivity contribution in [3.05, 3.63) is 35.9 Å². The van der Waals surface area contributed by atoms with Crippen LogP contribution < -0.4 is 16.5 Å². The summed E-state index contributed by atoms with van der Waals surface area (Å²) >= 11 is 0. The molecule has 1 unspecified atom stereocenters. The molecule has 9 atom stereocenters. The van der Waals surface area contributed by atoms with Crippen molar-refractivity contribution in [3.63, 3.8) is 0 Å². The van der Waals surface area contributed by atoms with Crippen LogP contribution >= 0.6 is 0 Å². The maximum absolute atomic E-state index is 14.6. The first-order valence-electron chi connectivity index (χ1n) is 20.4. The van der Waals surface area contributed by atoms with Gasteiger partial charge in [0.15, 0.2) is 0 Å². The number of nitrogens with two attached hydrogens (primary N) is 1. The van der Waals surface area contributed by atoms with Gasteiger partial charge in [-0.2, -0.15) is 0 Å². The summed E-state index contributed by atoms with van der Waals surface area (Å²) in [6.45, 7) is 14.0. The number of rotatable bonds is 25. The van der Waals surface area contributed by atoms with Crippen LogP contribution in [0.3, 0.4) is 0 Å². The van der Waals surface area contributed by atoms with Crippen LogP contribution in [-0.2, 0) is 44.7 Å². The number of carboxylic acids is 1. The number of hydrogen-bond acceptors (Lipinski definition) is 11. The van der Waals surface area contributed by atoms with E-state index in [2.05, 4.69) is 10.6 Å². The van der Waals surface area contributed by atoms with Gasteiger partial charge in [-0.1, -0.05) is 85.2 Å². The minimum atomic E-state index is -1.39. The van der Waals surface area contributed by atoms with E-state index in [4.69, 9.17) is 25.6 Å². The number of benzene rings is 1. The molecule has 1 fully saturated rings. The number of likely N-dealkylation sites (N-methyl/N-ethyl adjacent to an activating group) is 2. The van der Waals surface area contributed by atoms with Crippen molar-refractivity contribution in [1.29, 1.82) is 5.41 Å². The number of carboxylic acid groups (broad SMARTS) is 1. The van der Waals surface area contributed by atoms with Crippen LogP contribution in [0.2, 0.25) is 0 Å². The molecule has 1 heterocycles. The predicted octanol–water partition coefficient (Wildman–Crippen LogP) is 2.73. The maximum atomic E-state index is 14.6. The molecule has 1 aliphatic rings. The monoisotopic (exact) mass is 818 g/mol. The average molecular weight is 818 g/mol. The molecule has 16 heteroatoms. The molecule has 0 bridgehead atoms. The number of aliphatic carboxylic acids is 1. The molecule has 1 saturated heterocycles. The molecule has 1 aromatic carbocycles. The van der Waals surface area contributed by atoms with Gasteiger partial charge in [0.25, 0.3) is 0 Å². The van der Waals surface area contributed by atoms with Gasteiger partial charge in [-0.3, -0.25) is 24.1 Å². The lowest BCUT2D eigenvalue weighted by molar-refractivity contribution is -0.151. The van der Waals surface area contributed by atoms with E-state index in [1.54, 1.807) is 50.2 Å². The lowest BCUT2D eigenvalue weighted by atomic mass is 9.76. The smallest absolute Gasteiger partial charge is 0.326 e. The number of nitrogens with one attached hydrogen (secondary N) is 3. The highest BCUT2D eigenvalue weighted by Gasteiger charge is 2.51. The molecule has 58 heavy (non-hydrogen) atoms. The van der Waals surface area contributed by atoms with Crippen molar-refractivity contribution in [3.8, 4) is 0 Å². The molecular weight excluding hydrogens is 747 g/mol. The Labute approximate surface area is 345 Å². The van der Waals surface area contributed by atoms with Crippen LogP contribution in [0.5, 0.6) is 0 Å². The zero-order valence-electron chi connectivity index (χ0n) is 36.5. The van der Waals surface area contributed by atoms with Crippen LogP contribution in [-0.4, -0.2) is 146 Å². The molecule has 0 aliphatic carbocycles. The third-order valence-electron chi connectivity index (χ3n) is 11.9. The standard InChI is InChI=1S/C42H71N7O9/c1-12-28(6)42(25-43,48(9)40(53)35(26(2)3)46-39(52)36(27(4)5)47(8)21-22-58-44)33(56-10)24-34(50)49-20-16-19-32(49)37(57-11)29(7)38(51)45-31(41(54)55)23-30-17-14-13-15-18-30/h13-15,17-18,25-29,31-33,35-37,43H,12,16,19-24,44H2,1-11H3,(H,45,51)(H,46,52)(H,54,55)/t28-,29+,31-,32-,33+,35-,36-,37+,42?/m0/s1. The van der Waals surface area contributed by atoms with Gasteiger partial charge >= 0.3 is 5.97 Å². The van der Waals surface area contributed by atoms with E-state index in [0.717, 1.165) is 5.56 Å². The summed E-state index contributed by atoms with van der Waals surface area (Å²) in [4.78, 5) is 78.2. The van der Waals surface area contributed by atoms with Gasteiger partial charge in [0, 0.05) is 47.0 Å². The van der Waals surface area contributed by atoms with Gasteiger partial charge in [0.2, 0.25) is 23.6 Å². The summed E-state index contributed by atoms with van der Waals surface area (Å²) in [7, 11) is 6.30. The number of nitrogens with zero attached hydrogens (tertiary/aromatic N) is 3. The van der Waals surface area contributed by atoms with Gasteiger partial charge in [-0.15, -0.1) is 0 Å². The predicted molar refractivity (Wildman–Crippen MR) is 222 cm³/mol. The molecule has 0 spiro atoms. The SMILES string of the molecule is CC[C@H](C)C(C=N)([C@@H](CC(=O)N1CCC[C@H]1[C@H](OC)[C@@H](C)C(=O)N[C@@H](Cc1ccccc1)C(=O)O)OC)N(C)C(=O)[C@@H](NC(=O)[C@H](C(C)C)N(C)CCON)C(C)C. The van der Waals surface area contributed by atoms with E-state index in [-0.39, 0.29) is 49.0 Å². The van der Waals surface area contributed by atoms with Gasteiger partial charge in [0.1, 0.15) is 17.6 Å². The van der Waals surface area contributed by atoms with Crippen LogP contribution in [0.25, 0.3) is 0 Å². The van der Waals surface area contributed by atoms with Gasteiger partial charge in [-0.25, -0.2) is 10.7 Å². The Balaban J connectivity index is 2.39. The van der Waals surface area contributed by atoms with E-state index in [9.17, 15) is 29.1 Å².